The number of aryl methyl sites for hydroxylation is 1. The third kappa shape index (κ3) is 6.10. The minimum Gasteiger partial charge on any atom is -0.345 e. The van der Waals surface area contributed by atoms with Crippen molar-refractivity contribution in [1.82, 2.24) is 24.8 Å². The van der Waals surface area contributed by atoms with Crippen LogP contribution < -0.4 is 0 Å². The molecule has 1 aliphatic rings. The van der Waals surface area contributed by atoms with Crippen LogP contribution in [0.25, 0.3) is 33.5 Å². The molecule has 0 radical (unpaired) electrons. The van der Waals surface area contributed by atoms with E-state index in [2.05, 4.69) is 33.9 Å². The fourth-order valence-corrected chi connectivity index (χ4v) is 5.82. The maximum Gasteiger partial charge on any atom is 0.253 e. The number of amides is 1. The molecule has 0 bridgehead atoms. The predicted octanol–water partition coefficient (Wildman–Crippen LogP) is 6.00. The summed E-state index contributed by atoms with van der Waals surface area (Å²) in [4.78, 5) is 41.8. The number of rotatable bonds is 8. The highest BCUT2D eigenvalue weighted by molar-refractivity contribution is 5.96. The number of carbonyl (C=O) groups excluding carboxylic acids is 2. The molecule has 0 atom stereocenters. The molecule has 1 amide bonds. The predicted molar refractivity (Wildman–Crippen MR) is 166 cm³/mol. The number of hydrogen-bond acceptors (Lipinski definition) is 5. The van der Waals surface area contributed by atoms with E-state index in [1.54, 1.807) is 37.3 Å². The molecule has 1 N–H and O–H groups in total. The Bertz CT molecular complexity index is 1810. The topological polar surface area (TPSA) is 82.2 Å². The normalized spacial score (nSPS) is 13.2. The largest absolute Gasteiger partial charge is 0.345 e. The summed E-state index contributed by atoms with van der Waals surface area (Å²) in [5.74, 6) is -0.167. The lowest BCUT2D eigenvalue weighted by molar-refractivity contribution is -0.118. The Morgan fingerprint density at radius 3 is 2.53 bits per heavy atom. The SMILES string of the molecule is Cc1cc(-c2cnc3[nH]cc(-c4ccc(C(=O)N(C)C)cc4)c3n2)cc2c1CCN(CCC(=O)Cc1ccc(F)cc1)C2. The van der Waals surface area contributed by atoms with Crippen LogP contribution in [0.3, 0.4) is 0 Å². The average molecular weight is 576 g/mol. The summed E-state index contributed by atoms with van der Waals surface area (Å²) in [6.45, 7) is 4.53. The molecular formula is C35H34FN5O2. The molecule has 0 unspecified atom stereocenters. The first-order valence-corrected chi connectivity index (χ1v) is 14.5. The number of benzene rings is 3. The van der Waals surface area contributed by atoms with E-state index in [4.69, 9.17) is 4.98 Å². The number of aromatic nitrogens is 3. The van der Waals surface area contributed by atoms with Crippen molar-refractivity contribution in [1.29, 1.82) is 0 Å². The number of nitrogens with one attached hydrogen (secondary N) is 1. The van der Waals surface area contributed by atoms with Crippen LogP contribution in [0.2, 0.25) is 0 Å². The molecule has 3 aromatic carbocycles. The van der Waals surface area contributed by atoms with E-state index in [9.17, 15) is 14.0 Å². The lowest BCUT2D eigenvalue weighted by Gasteiger charge is -2.30. The summed E-state index contributed by atoms with van der Waals surface area (Å²) >= 11 is 0. The monoisotopic (exact) mass is 575 g/mol. The van der Waals surface area contributed by atoms with Crippen LogP contribution in [0.5, 0.6) is 0 Å². The first-order chi connectivity index (χ1) is 20.7. The Morgan fingerprint density at radius 2 is 1.79 bits per heavy atom. The van der Waals surface area contributed by atoms with Gasteiger partial charge < -0.3 is 9.88 Å². The molecule has 6 rings (SSSR count). The fourth-order valence-electron chi connectivity index (χ4n) is 5.82. The van der Waals surface area contributed by atoms with E-state index in [-0.39, 0.29) is 17.5 Å². The van der Waals surface area contributed by atoms with Gasteiger partial charge in [-0.05, 0) is 77.6 Å². The van der Waals surface area contributed by atoms with Gasteiger partial charge >= 0.3 is 0 Å². The van der Waals surface area contributed by atoms with Crippen LogP contribution in [-0.2, 0) is 24.2 Å². The number of hydrogen-bond donors (Lipinski definition) is 1. The van der Waals surface area contributed by atoms with Crippen LogP contribution in [-0.4, -0.2) is 63.6 Å². The summed E-state index contributed by atoms with van der Waals surface area (Å²) in [5.41, 5.74) is 10.5. The Hall–Kier alpha value is -4.69. The van der Waals surface area contributed by atoms with Crippen molar-refractivity contribution in [2.45, 2.75) is 32.7 Å². The van der Waals surface area contributed by atoms with Crippen LogP contribution in [0.15, 0.2) is 73.1 Å². The fraction of sp³-hybridized carbons (Fsp3) is 0.257. The second-order valence-corrected chi connectivity index (χ2v) is 11.5. The number of fused-ring (bicyclic) bond motifs is 2. The van der Waals surface area contributed by atoms with Crippen molar-refractivity contribution in [2.75, 3.05) is 27.2 Å². The molecular weight excluding hydrogens is 541 g/mol. The van der Waals surface area contributed by atoms with E-state index >= 15 is 0 Å². The summed E-state index contributed by atoms with van der Waals surface area (Å²) in [6.07, 6.45) is 5.44. The smallest absolute Gasteiger partial charge is 0.253 e. The van der Waals surface area contributed by atoms with Crippen molar-refractivity contribution in [3.8, 4) is 22.4 Å². The molecule has 0 spiro atoms. The van der Waals surface area contributed by atoms with Gasteiger partial charge in [-0.15, -0.1) is 0 Å². The van der Waals surface area contributed by atoms with Crippen molar-refractivity contribution in [3.05, 3.63) is 107 Å². The zero-order chi connectivity index (χ0) is 30.1. The number of halogens is 1. The molecule has 3 heterocycles. The number of H-pyrrole nitrogens is 1. The van der Waals surface area contributed by atoms with Gasteiger partial charge in [0.05, 0.1) is 11.9 Å². The van der Waals surface area contributed by atoms with Crippen molar-refractivity contribution in [3.63, 3.8) is 0 Å². The zero-order valence-electron chi connectivity index (χ0n) is 24.7. The minimum absolute atomic E-state index is 0.0366. The van der Waals surface area contributed by atoms with Gasteiger partial charge in [0.1, 0.15) is 17.1 Å². The molecule has 0 aliphatic carbocycles. The highest BCUT2D eigenvalue weighted by Crippen LogP contribution is 2.32. The van der Waals surface area contributed by atoms with Crippen LogP contribution >= 0.6 is 0 Å². The summed E-state index contributed by atoms with van der Waals surface area (Å²) in [6, 6.07) is 18.1. The number of carbonyl (C=O) groups is 2. The lowest BCUT2D eigenvalue weighted by Crippen LogP contribution is -2.33. The number of aromatic amines is 1. The Kier molecular flexibility index (Phi) is 7.86. The molecule has 0 fully saturated rings. The van der Waals surface area contributed by atoms with E-state index in [0.717, 1.165) is 53.0 Å². The van der Waals surface area contributed by atoms with Gasteiger partial charge in [0.2, 0.25) is 0 Å². The molecule has 2 aromatic heterocycles. The van der Waals surface area contributed by atoms with Crippen LogP contribution in [0, 0.1) is 12.7 Å². The van der Waals surface area contributed by atoms with Gasteiger partial charge in [0.25, 0.3) is 5.91 Å². The average Bonchev–Trinajstić information content (AvgIpc) is 3.44. The van der Waals surface area contributed by atoms with Gasteiger partial charge in [0, 0.05) is 69.5 Å². The highest BCUT2D eigenvalue weighted by atomic mass is 19.1. The van der Waals surface area contributed by atoms with Gasteiger partial charge in [-0.1, -0.05) is 24.3 Å². The molecule has 8 heteroatoms. The van der Waals surface area contributed by atoms with Crippen molar-refractivity contribution < 1.29 is 14.0 Å². The van der Waals surface area contributed by atoms with E-state index in [1.807, 2.05) is 30.5 Å². The molecule has 0 saturated carbocycles. The molecule has 7 nitrogen and oxygen atoms in total. The molecule has 43 heavy (non-hydrogen) atoms. The summed E-state index contributed by atoms with van der Waals surface area (Å²) in [7, 11) is 3.48. The van der Waals surface area contributed by atoms with E-state index in [0.29, 0.717) is 30.6 Å². The maximum absolute atomic E-state index is 13.2. The molecule has 0 saturated heterocycles. The maximum atomic E-state index is 13.2. The third-order valence-corrected chi connectivity index (χ3v) is 8.18. The standard InChI is InChI=1S/C35H34FN5O2/c1-22-16-26(18-27-21-41(15-13-30(22)27)14-12-29(42)17-23-4-10-28(36)11-5-23)32-20-38-34-33(39-32)31(19-37-34)24-6-8-25(9-7-24)35(43)40(2)3/h4-11,16,18-20H,12-15,17,21H2,1-3H3,(H,37,38). The Labute approximate surface area is 250 Å². The van der Waals surface area contributed by atoms with Gasteiger partial charge in [-0.25, -0.2) is 14.4 Å². The Balaban J connectivity index is 1.19. The third-order valence-electron chi connectivity index (χ3n) is 8.18. The first kappa shape index (κ1) is 28.4. The van der Waals surface area contributed by atoms with Crippen molar-refractivity contribution >= 4 is 22.9 Å². The van der Waals surface area contributed by atoms with Crippen LogP contribution in [0.1, 0.15) is 39.0 Å². The summed E-state index contributed by atoms with van der Waals surface area (Å²) < 4.78 is 13.2. The second-order valence-electron chi connectivity index (χ2n) is 11.5. The number of Topliss-reactive ketones (excluding diaryl/α,β-unsaturated/α-hetero) is 1. The Morgan fingerprint density at radius 1 is 1.02 bits per heavy atom. The lowest BCUT2D eigenvalue weighted by atomic mass is 9.92. The van der Waals surface area contributed by atoms with Gasteiger partial charge in [-0.3, -0.25) is 14.5 Å². The molecule has 1 aliphatic heterocycles. The van der Waals surface area contributed by atoms with Gasteiger partial charge in [-0.2, -0.15) is 0 Å². The first-order valence-electron chi connectivity index (χ1n) is 14.5. The summed E-state index contributed by atoms with van der Waals surface area (Å²) in [5, 5.41) is 0. The second kappa shape index (κ2) is 11.9. The number of ketones is 1. The highest BCUT2D eigenvalue weighted by Gasteiger charge is 2.21. The molecule has 5 aromatic rings. The van der Waals surface area contributed by atoms with Gasteiger partial charge in [0.15, 0.2) is 5.65 Å². The number of nitrogens with zero attached hydrogens (tertiary/aromatic N) is 4. The van der Waals surface area contributed by atoms with Crippen molar-refractivity contribution in [2.24, 2.45) is 0 Å². The van der Waals surface area contributed by atoms with E-state index < -0.39 is 0 Å². The quantitative estimate of drug-likeness (QED) is 0.245. The van der Waals surface area contributed by atoms with Crippen LogP contribution in [0.4, 0.5) is 4.39 Å². The zero-order valence-corrected chi connectivity index (χ0v) is 24.7. The minimum atomic E-state index is -0.290. The van der Waals surface area contributed by atoms with E-state index in [1.165, 1.54) is 28.8 Å². The molecule has 218 valence electrons.